The summed E-state index contributed by atoms with van der Waals surface area (Å²) in [4.78, 5) is 4.85. The molecule has 3 heteroatoms. The van der Waals surface area contributed by atoms with Gasteiger partial charge in [0.25, 0.3) is 0 Å². The fourth-order valence-electron chi connectivity index (χ4n) is 1.94. The number of likely N-dealkylation sites (N-methyl/N-ethyl adjacent to an activating group) is 2. The Labute approximate surface area is 81.3 Å². The van der Waals surface area contributed by atoms with E-state index in [1.165, 1.54) is 0 Å². The molecule has 0 aromatic rings. The summed E-state index contributed by atoms with van der Waals surface area (Å²) in [5, 5.41) is 9.19. The highest BCUT2D eigenvalue weighted by molar-refractivity contribution is 4.74. The zero-order valence-corrected chi connectivity index (χ0v) is 8.87. The molecule has 0 radical (unpaired) electrons. The van der Waals surface area contributed by atoms with Gasteiger partial charge in [-0.2, -0.15) is 0 Å². The molecule has 13 heavy (non-hydrogen) atoms. The van der Waals surface area contributed by atoms with Crippen molar-refractivity contribution in [3.8, 4) is 0 Å². The van der Waals surface area contributed by atoms with Crippen molar-refractivity contribution in [1.29, 1.82) is 0 Å². The van der Waals surface area contributed by atoms with Gasteiger partial charge in [-0.25, -0.2) is 0 Å². The number of rotatable bonds is 3. The monoisotopic (exact) mass is 186 g/mol. The molecule has 0 amide bonds. The molecule has 1 saturated heterocycles. The maximum absolute atomic E-state index is 9.19. The fraction of sp³-hybridized carbons (Fsp3) is 1.00. The van der Waals surface area contributed by atoms with Crippen molar-refractivity contribution in [3.05, 3.63) is 0 Å². The zero-order chi connectivity index (χ0) is 9.68. The largest absolute Gasteiger partial charge is 0.396 e. The third-order valence-electron chi connectivity index (χ3n) is 2.92. The molecule has 0 aliphatic carbocycles. The Morgan fingerprint density at radius 1 is 1.08 bits per heavy atom. The molecule has 1 aliphatic rings. The molecule has 0 spiro atoms. The summed E-state index contributed by atoms with van der Waals surface area (Å²) < 4.78 is 0. The second-order valence-corrected chi connectivity index (χ2v) is 3.84. The Bertz CT molecular complexity index is 127. The number of nitrogens with zero attached hydrogens (tertiary/aromatic N) is 2. The molecule has 1 N–H and O–H groups in total. The van der Waals surface area contributed by atoms with Crippen LogP contribution in [-0.2, 0) is 0 Å². The highest BCUT2D eigenvalue weighted by Gasteiger charge is 2.19. The van der Waals surface area contributed by atoms with Crippen LogP contribution in [0, 0.1) is 5.92 Å². The van der Waals surface area contributed by atoms with Crippen LogP contribution in [0.1, 0.15) is 13.8 Å². The summed E-state index contributed by atoms with van der Waals surface area (Å²) in [5.74, 6) is 0.447. The lowest BCUT2D eigenvalue weighted by Gasteiger charge is -2.21. The van der Waals surface area contributed by atoms with Gasteiger partial charge in [-0.3, -0.25) is 0 Å². The second-order valence-electron chi connectivity index (χ2n) is 3.84. The van der Waals surface area contributed by atoms with Crippen molar-refractivity contribution in [1.82, 2.24) is 9.80 Å². The van der Waals surface area contributed by atoms with Gasteiger partial charge in [-0.05, 0) is 13.1 Å². The van der Waals surface area contributed by atoms with E-state index in [2.05, 4.69) is 23.6 Å². The van der Waals surface area contributed by atoms with Crippen LogP contribution in [0.15, 0.2) is 0 Å². The average molecular weight is 186 g/mol. The van der Waals surface area contributed by atoms with E-state index in [-0.39, 0.29) is 0 Å². The van der Waals surface area contributed by atoms with Gasteiger partial charge < -0.3 is 14.9 Å². The third kappa shape index (κ3) is 3.25. The molecule has 1 heterocycles. The minimum atomic E-state index is 0.326. The van der Waals surface area contributed by atoms with Gasteiger partial charge in [0.2, 0.25) is 0 Å². The van der Waals surface area contributed by atoms with Crippen LogP contribution in [-0.4, -0.2) is 60.8 Å². The predicted molar refractivity (Wildman–Crippen MR) is 54.8 cm³/mol. The van der Waals surface area contributed by atoms with Gasteiger partial charge in [0.05, 0.1) is 0 Å². The summed E-state index contributed by atoms with van der Waals surface area (Å²) in [6.45, 7) is 11.3. The predicted octanol–water partition coefficient (Wildman–Crippen LogP) is 0.252. The molecule has 0 saturated carbocycles. The smallest absolute Gasteiger partial charge is 0.0483 e. The van der Waals surface area contributed by atoms with E-state index in [0.29, 0.717) is 12.5 Å². The first-order valence-corrected chi connectivity index (χ1v) is 5.35. The van der Waals surface area contributed by atoms with E-state index in [1.807, 2.05) is 0 Å². The Kier molecular flexibility index (Phi) is 4.70. The SMILES string of the molecule is CCN1CCN(CC)CC(CO)C1. The Balaban J connectivity index is 2.46. The molecule has 1 fully saturated rings. The first-order valence-electron chi connectivity index (χ1n) is 5.35. The van der Waals surface area contributed by atoms with Crippen LogP contribution in [0.5, 0.6) is 0 Å². The first kappa shape index (κ1) is 11.0. The Morgan fingerprint density at radius 2 is 1.54 bits per heavy atom. The summed E-state index contributed by atoms with van der Waals surface area (Å²) in [6.07, 6.45) is 0. The minimum absolute atomic E-state index is 0.326. The summed E-state index contributed by atoms with van der Waals surface area (Å²) in [5.41, 5.74) is 0. The Hall–Kier alpha value is -0.120. The molecule has 0 aromatic carbocycles. The third-order valence-corrected chi connectivity index (χ3v) is 2.92. The van der Waals surface area contributed by atoms with Crippen LogP contribution in [0.3, 0.4) is 0 Å². The summed E-state index contributed by atoms with van der Waals surface area (Å²) in [6, 6.07) is 0. The van der Waals surface area contributed by atoms with Gasteiger partial charge in [-0.1, -0.05) is 13.8 Å². The van der Waals surface area contributed by atoms with Crippen molar-refractivity contribution in [2.45, 2.75) is 13.8 Å². The molecular formula is C10H22N2O. The average Bonchev–Trinajstić information content (AvgIpc) is 2.39. The molecular weight excluding hydrogens is 164 g/mol. The lowest BCUT2D eigenvalue weighted by molar-refractivity contribution is 0.168. The van der Waals surface area contributed by atoms with Crippen LogP contribution in [0.4, 0.5) is 0 Å². The summed E-state index contributed by atoms with van der Waals surface area (Å²) >= 11 is 0. The zero-order valence-electron chi connectivity index (χ0n) is 8.87. The highest BCUT2D eigenvalue weighted by atomic mass is 16.3. The Morgan fingerprint density at radius 3 is 1.85 bits per heavy atom. The van der Waals surface area contributed by atoms with E-state index in [4.69, 9.17) is 0 Å². The number of aliphatic hydroxyl groups excluding tert-OH is 1. The number of hydrogen-bond acceptors (Lipinski definition) is 3. The topological polar surface area (TPSA) is 26.7 Å². The van der Waals surface area contributed by atoms with Crippen molar-refractivity contribution >= 4 is 0 Å². The summed E-state index contributed by atoms with van der Waals surface area (Å²) in [7, 11) is 0. The van der Waals surface area contributed by atoms with Crippen molar-refractivity contribution in [2.24, 2.45) is 5.92 Å². The molecule has 3 nitrogen and oxygen atoms in total. The van der Waals surface area contributed by atoms with Gasteiger partial charge in [0.1, 0.15) is 0 Å². The normalized spacial score (nSPS) is 23.3. The van der Waals surface area contributed by atoms with Crippen molar-refractivity contribution in [2.75, 3.05) is 45.9 Å². The molecule has 0 atom stereocenters. The van der Waals surface area contributed by atoms with Crippen LogP contribution in [0.25, 0.3) is 0 Å². The van der Waals surface area contributed by atoms with Crippen molar-refractivity contribution in [3.63, 3.8) is 0 Å². The van der Waals surface area contributed by atoms with Crippen LogP contribution < -0.4 is 0 Å². The number of aliphatic hydroxyl groups is 1. The van der Waals surface area contributed by atoms with Crippen LogP contribution >= 0.6 is 0 Å². The molecule has 0 unspecified atom stereocenters. The maximum atomic E-state index is 9.19. The van der Waals surface area contributed by atoms with Gasteiger partial charge in [0, 0.05) is 38.7 Å². The van der Waals surface area contributed by atoms with Gasteiger partial charge in [-0.15, -0.1) is 0 Å². The molecule has 1 rings (SSSR count). The van der Waals surface area contributed by atoms with Crippen LogP contribution in [0.2, 0.25) is 0 Å². The number of hydrogen-bond donors (Lipinski definition) is 1. The lowest BCUT2D eigenvalue weighted by atomic mass is 10.1. The highest BCUT2D eigenvalue weighted by Crippen LogP contribution is 2.08. The molecule has 78 valence electrons. The fourth-order valence-corrected chi connectivity index (χ4v) is 1.94. The maximum Gasteiger partial charge on any atom is 0.0483 e. The van der Waals surface area contributed by atoms with Crippen molar-refractivity contribution < 1.29 is 5.11 Å². The van der Waals surface area contributed by atoms with E-state index >= 15 is 0 Å². The standard InChI is InChI=1S/C10H22N2O/c1-3-11-5-6-12(4-2)8-10(7-11)9-13/h10,13H,3-9H2,1-2H3. The molecule has 0 bridgehead atoms. The lowest BCUT2D eigenvalue weighted by Crippen LogP contribution is -2.31. The van der Waals surface area contributed by atoms with Gasteiger partial charge >= 0.3 is 0 Å². The second kappa shape index (κ2) is 5.58. The van der Waals surface area contributed by atoms with E-state index in [1.54, 1.807) is 0 Å². The first-order chi connectivity index (χ1) is 6.30. The van der Waals surface area contributed by atoms with E-state index in [9.17, 15) is 5.11 Å². The quantitative estimate of drug-likeness (QED) is 0.684. The molecule has 1 aliphatic heterocycles. The van der Waals surface area contributed by atoms with Gasteiger partial charge in [0.15, 0.2) is 0 Å². The minimum Gasteiger partial charge on any atom is -0.396 e. The van der Waals surface area contributed by atoms with E-state index < -0.39 is 0 Å². The molecule has 0 aromatic heterocycles. The van der Waals surface area contributed by atoms with E-state index in [0.717, 1.165) is 39.3 Å².